The Morgan fingerprint density at radius 1 is 1.37 bits per heavy atom. The number of piperidine rings is 1. The van der Waals surface area contributed by atoms with Gasteiger partial charge in [-0.05, 0) is 68.0 Å². The zero-order valence-electron chi connectivity index (χ0n) is 12.1. The predicted octanol–water partition coefficient (Wildman–Crippen LogP) is 3.80. The molecule has 0 aliphatic carbocycles. The smallest absolute Gasteiger partial charge is 0.0331 e. The van der Waals surface area contributed by atoms with E-state index in [0.29, 0.717) is 6.04 Å². The van der Waals surface area contributed by atoms with Gasteiger partial charge in [-0.25, -0.2) is 0 Å². The first-order chi connectivity index (χ1) is 9.28. The Hall–Kier alpha value is -0.380. The van der Waals surface area contributed by atoms with Gasteiger partial charge in [-0.3, -0.25) is 4.90 Å². The number of nitrogens with one attached hydrogen (secondary N) is 1. The van der Waals surface area contributed by atoms with E-state index in [4.69, 9.17) is 0 Å². The highest BCUT2D eigenvalue weighted by Crippen LogP contribution is 2.34. The normalized spacial score (nSPS) is 31.8. The monoisotopic (exact) mass is 278 g/mol. The van der Waals surface area contributed by atoms with Crippen molar-refractivity contribution in [3.05, 3.63) is 22.4 Å². The number of thiophene rings is 1. The maximum atomic E-state index is 3.77. The van der Waals surface area contributed by atoms with Gasteiger partial charge in [0.2, 0.25) is 0 Å². The van der Waals surface area contributed by atoms with Crippen LogP contribution < -0.4 is 5.32 Å². The van der Waals surface area contributed by atoms with Crippen molar-refractivity contribution in [3.8, 4) is 0 Å². The summed E-state index contributed by atoms with van der Waals surface area (Å²) in [6.07, 6.45) is 6.76. The molecule has 1 aromatic rings. The molecule has 3 heteroatoms. The molecular formula is C16H26N2S. The molecule has 0 saturated carbocycles. The standard InChI is InChI=1S/C16H26N2S/c1-3-7-18(12(2)13-6-8-19-11-13)16-9-14-4-5-15(10-16)17-14/h6,8,11-12,14-17H,3-5,7,9-10H2,1-2H3. The summed E-state index contributed by atoms with van der Waals surface area (Å²) in [4.78, 5) is 2.77. The van der Waals surface area contributed by atoms with Crippen molar-refractivity contribution in [1.82, 2.24) is 10.2 Å². The minimum Gasteiger partial charge on any atom is -0.311 e. The highest BCUT2D eigenvalue weighted by atomic mass is 32.1. The van der Waals surface area contributed by atoms with E-state index in [2.05, 4.69) is 40.9 Å². The number of nitrogens with zero attached hydrogens (tertiary/aromatic N) is 1. The molecule has 3 rings (SSSR count). The summed E-state index contributed by atoms with van der Waals surface area (Å²) >= 11 is 1.82. The lowest BCUT2D eigenvalue weighted by Gasteiger charge is -2.41. The number of hydrogen-bond acceptors (Lipinski definition) is 3. The summed E-state index contributed by atoms with van der Waals surface area (Å²) in [6.45, 7) is 5.94. The van der Waals surface area contributed by atoms with E-state index >= 15 is 0 Å². The summed E-state index contributed by atoms with van der Waals surface area (Å²) in [7, 11) is 0. The SMILES string of the molecule is CCCN(C1CC2CCC(C1)N2)C(C)c1ccsc1. The van der Waals surface area contributed by atoms with Crippen LogP contribution in [-0.2, 0) is 0 Å². The minimum absolute atomic E-state index is 0.577. The van der Waals surface area contributed by atoms with Gasteiger partial charge >= 0.3 is 0 Å². The van der Waals surface area contributed by atoms with Gasteiger partial charge in [0.05, 0.1) is 0 Å². The molecule has 2 nitrogen and oxygen atoms in total. The minimum atomic E-state index is 0.577. The van der Waals surface area contributed by atoms with Gasteiger partial charge in [0.15, 0.2) is 0 Å². The van der Waals surface area contributed by atoms with Crippen molar-refractivity contribution >= 4 is 11.3 Å². The summed E-state index contributed by atoms with van der Waals surface area (Å²) < 4.78 is 0. The summed E-state index contributed by atoms with van der Waals surface area (Å²) in [5.41, 5.74) is 1.50. The van der Waals surface area contributed by atoms with Gasteiger partial charge in [0.25, 0.3) is 0 Å². The molecule has 1 N–H and O–H groups in total. The van der Waals surface area contributed by atoms with Crippen LogP contribution in [0.3, 0.4) is 0 Å². The van der Waals surface area contributed by atoms with Crippen LogP contribution in [0.15, 0.2) is 16.8 Å². The molecule has 0 aromatic carbocycles. The largest absolute Gasteiger partial charge is 0.311 e. The molecular weight excluding hydrogens is 252 g/mol. The molecule has 0 radical (unpaired) electrons. The molecule has 2 aliphatic rings. The Morgan fingerprint density at radius 2 is 2.11 bits per heavy atom. The first-order valence-electron chi connectivity index (χ1n) is 7.81. The lowest BCUT2D eigenvalue weighted by Crippen LogP contribution is -2.49. The lowest BCUT2D eigenvalue weighted by atomic mass is 9.95. The Bertz CT molecular complexity index is 377. The summed E-state index contributed by atoms with van der Waals surface area (Å²) in [5, 5.41) is 8.30. The van der Waals surface area contributed by atoms with E-state index in [1.807, 2.05) is 11.3 Å². The van der Waals surface area contributed by atoms with Crippen molar-refractivity contribution in [3.63, 3.8) is 0 Å². The number of rotatable bonds is 5. The van der Waals surface area contributed by atoms with Crippen LogP contribution in [0.5, 0.6) is 0 Å². The van der Waals surface area contributed by atoms with Gasteiger partial charge in [-0.1, -0.05) is 6.92 Å². The van der Waals surface area contributed by atoms with Gasteiger partial charge in [0.1, 0.15) is 0 Å². The highest BCUT2D eigenvalue weighted by Gasteiger charge is 2.37. The Labute approximate surface area is 121 Å². The third kappa shape index (κ3) is 2.88. The van der Waals surface area contributed by atoms with Crippen molar-refractivity contribution in [2.75, 3.05) is 6.54 Å². The zero-order valence-corrected chi connectivity index (χ0v) is 13.0. The van der Waals surface area contributed by atoms with Crippen LogP contribution in [0.25, 0.3) is 0 Å². The van der Waals surface area contributed by atoms with Gasteiger partial charge in [-0.15, -0.1) is 0 Å². The second-order valence-electron chi connectivity index (χ2n) is 6.23. The molecule has 1 aromatic heterocycles. The van der Waals surface area contributed by atoms with Crippen LogP contribution in [-0.4, -0.2) is 29.6 Å². The molecule has 0 amide bonds. The predicted molar refractivity (Wildman–Crippen MR) is 82.7 cm³/mol. The molecule has 3 unspecified atom stereocenters. The van der Waals surface area contributed by atoms with Gasteiger partial charge in [-0.2, -0.15) is 11.3 Å². The third-order valence-electron chi connectivity index (χ3n) is 4.92. The van der Waals surface area contributed by atoms with E-state index in [-0.39, 0.29) is 0 Å². The number of hydrogen-bond donors (Lipinski definition) is 1. The average Bonchev–Trinajstić information content (AvgIpc) is 3.05. The van der Waals surface area contributed by atoms with E-state index in [1.54, 1.807) is 0 Å². The van der Waals surface area contributed by atoms with Crippen molar-refractivity contribution in [1.29, 1.82) is 0 Å². The zero-order chi connectivity index (χ0) is 13.2. The Morgan fingerprint density at radius 3 is 2.68 bits per heavy atom. The van der Waals surface area contributed by atoms with E-state index in [9.17, 15) is 0 Å². The van der Waals surface area contributed by atoms with Crippen molar-refractivity contribution < 1.29 is 0 Å². The van der Waals surface area contributed by atoms with Gasteiger partial charge in [0, 0.05) is 24.2 Å². The number of fused-ring (bicyclic) bond motifs is 2. The topological polar surface area (TPSA) is 15.3 Å². The third-order valence-corrected chi connectivity index (χ3v) is 5.62. The van der Waals surface area contributed by atoms with Crippen LogP contribution in [0.4, 0.5) is 0 Å². The lowest BCUT2D eigenvalue weighted by molar-refractivity contribution is 0.101. The molecule has 0 spiro atoms. The average molecular weight is 278 g/mol. The molecule has 3 heterocycles. The first kappa shape index (κ1) is 13.6. The van der Waals surface area contributed by atoms with E-state index < -0.39 is 0 Å². The molecule has 19 heavy (non-hydrogen) atoms. The summed E-state index contributed by atoms with van der Waals surface area (Å²) in [6, 6.07) is 5.24. The van der Waals surface area contributed by atoms with Gasteiger partial charge < -0.3 is 5.32 Å². The summed E-state index contributed by atoms with van der Waals surface area (Å²) in [5.74, 6) is 0. The maximum absolute atomic E-state index is 3.77. The van der Waals surface area contributed by atoms with Crippen molar-refractivity contribution in [2.45, 2.75) is 70.1 Å². The second kappa shape index (κ2) is 5.94. The maximum Gasteiger partial charge on any atom is 0.0331 e. The quantitative estimate of drug-likeness (QED) is 0.881. The molecule has 3 atom stereocenters. The molecule has 2 aliphatic heterocycles. The fraction of sp³-hybridized carbons (Fsp3) is 0.750. The van der Waals surface area contributed by atoms with Crippen LogP contribution in [0.1, 0.15) is 57.6 Å². The molecule has 106 valence electrons. The molecule has 2 saturated heterocycles. The van der Waals surface area contributed by atoms with Crippen LogP contribution in [0.2, 0.25) is 0 Å². The molecule has 2 bridgehead atoms. The fourth-order valence-electron chi connectivity index (χ4n) is 3.95. The Kier molecular flexibility index (Phi) is 4.25. The Balaban J connectivity index is 1.73. The van der Waals surface area contributed by atoms with Crippen LogP contribution >= 0.6 is 11.3 Å². The van der Waals surface area contributed by atoms with Crippen molar-refractivity contribution in [2.24, 2.45) is 0 Å². The fourth-order valence-corrected chi connectivity index (χ4v) is 4.70. The van der Waals surface area contributed by atoms with E-state index in [0.717, 1.165) is 18.1 Å². The first-order valence-corrected chi connectivity index (χ1v) is 8.76. The second-order valence-corrected chi connectivity index (χ2v) is 7.01. The molecule has 2 fully saturated rings. The van der Waals surface area contributed by atoms with E-state index in [1.165, 1.54) is 44.2 Å². The highest BCUT2D eigenvalue weighted by molar-refractivity contribution is 7.07. The van der Waals surface area contributed by atoms with Crippen LogP contribution in [0, 0.1) is 0 Å².